The van der Waals surface area contributed by atoms with Gasteiger partial charge in [0.1, 0.15) is 0 Å². The van der Waals surface area contributed by atoms with Gasteiger partial charge in [0.05, 0.1) is 5.54 Å². The molecule has 3 nitrogen and oxygen atoms in total. The standard InChI is InChI=1S/C14H24N2O/c1-14(2,15)13(17)16-8-11-4-9-3-10(5-11)7-12(16)6-9/h9-12H,3-8,15H2,1-2H3. The lowest BCUT2D eigenvalue weighted by Gasteiger charge is -2.40. The van der Waals surface area contributed by atoms with E-state index >= 15 is 0 Å². The molecule has 0 spiro atoms. The minimum atomic E-state index is -0.707. The Balaban J connectivity index is 1.85. The highest BCUT2D eigenvalue weighted by molar-refractivity contribution is 5.85. The lowest BCUT2D eigenvalue weighted by Crippen LogP contribution is -2.54. The number of nitrogens with two attached hydrogens (primary N) is 1. The number of fused-ring (bicyclic) bond motifs is 1. The second-order valence-electron chi connectivity index (χ2n) is 7.11. The van der Waals surface area contributed by atoms with Gasteiger partial charge in [-0.15, -0.1) is 0 Å². The van der Waals surface area contributed by atoms with Crippen LogP contribution >= 0.6 is 0 Å². The summed E-state index contributed by atoms with van der Waals surface area (Å²) >= 11 is 0. The molecule has 0 aromatic heterocycles. The van der Waals surface area contributed by atoms with Crippen LogP contribution in [0.5, 0.6) is 0 Å². The Labute approximate surface area is 104 Å². The Morgan fingerprint density at radius 3 is 2.12 bits per heavy atom. The summed E-state index contributed by atoms with van der Waals surface area (Å²) in [7, 11) is 0. The summed E-state index contributed by atoms with van der Waals surface area (Å²) in [6.07, 6.45) is 6.58. The predicted octanol–water partition coefficient (Wildman–Crippen LogP) is 1.76. The van der Waals surface area contributed by atoms with E-state index in [0.29, 0.717) is 6.04 Å². The normalized spacial score (nSPS) is 40.5. The molecule has 0 aromatic carbocycles. The van der Waals surface area contributed by atoms with Gasteiger partial charge in [-0.3, -0.25) is 4.79 Å². The number of hydrogen-bond acceptors (Lipinski definition) is 2. The van der Waals surface area contributed by atoms with E-state index in [9.17, 15) is 4.79 Å². The molecule has 2 N–H and O–H groups in total. The van der Waals surface area contributed by atoms with Crippen molar-refractivity contribution in [2.24, 2.45) is 23.5 Å². The Kier molecular flexibility index (Phi) is 2.51. The Hall–Kier alpha value is -0.570. The zero-order valence-electron chi connectivity index (χ0n) is 11.0. The smallest absolute Gasteiger partial charge is 0.242 e. The number of amides is 1. The molecule has 17 heavy (non-hydrogen) atoms. The third-order valence-corrected chi connectivity index (χ3v) is 4.92. The first-order chi connectivity index (χ1) is 7.93. The van der Waals surface area contributed by atoms with E-state index in [4.69, 9.17) is 5.73 Å². The SMILES string of the molecule is CC(C)(N)C(=O)N1CC2CC3CC(C2)CC1C3. The third kappa shape index (κ3) is 1.99. The molecule has 2 atom stereocenters. The van der Waals surface area contributed by atoms with Gasteiger partial charge in [-0.2, -0.15) is 0 Å². The number of carbonyl (C=O) groups is 1. The molecule has 2 aliphatic heterocycles. The van der Waals surface area contributed by atoms with Gasteiger partial charge in [0, 0.05) is 12.6 Å². The first-order valence-corrected chi connectivity index (χ1v) is 7.03. The Morgan fingerprint density at radius 1 is 1.06 bits per heavy atom. The predicted molar refractivity (Wildman–Crippen MR) is 67.3 cm³/mol. The van der Waals surface area contributed by atoms with Gasteiger partial charge in [-0.05, 0) is 63.7 Å². The zero-order valence-corrected chi connectivity index (χ0v) is 11.0. The van der Waals surface area contributed by atoms with Crippen molar-refractivity contribution in [1.82, 2.24) is 4.90 Å². The van der Waals surface area contributed by atoms with Crippen LogP contribution in [0.1, 0.15) is 46.0 Å². The maximum Gasteiger partial charge on any atom is 0.242 e. The van der Waals surface area contributed by atoms with Crippen LogP contribution in [0.25, 0.3) is 0 Å². The van der Waals surface area contributed by atoms with Crippen LogP contribution in [-0.4, -0.2) is 28.9 Å². The fourth-order valence-electron chi connectivity index (χ4n) is 4.40. The maximum atomic E-state index is 12.4. The molecule has 96 valence electrons. The Morgan fingerprint density at radius 2 is 1.59 bits per heavy atom. The van der Waals surface area contributed by atoms with E-state index in [0.717, 1.165) is 24.3 Å². The zero-order chi connectivity index (χ0) is 12.2. The van der Waals surface area contributed by atoms with Crippen molar-refractivity contribution in [2.75, 3.05) is 6.54 Å². The average Bonchev–Trinajstić information content (AvgIpc) is 2.40. The van der Waals surface area contributed by atoms with Crippen molar-refractivity contribution in [3.8, 4) is 0 Å². The summed E-state index contributed by atoms with van der Waals surface area (Å²) in [6, 6.07) is 0.488. The van der Waals surface area contributed by atoms with Gasteiger partial charge in [0.15, 0.2) is 0 Å². The van der Waals surface area contributed by atoms with Crippen LogP contribution in [0.4, 0.5) is 0 Å². The van der Waals surface area contributed by atoms with Crippen LogP contribution in [-0.2, 0) is 4.79 Å². The van der Waals surface area contributed by atoms with Crippen molar-refractivity contribution in [1.29, 1.82) is 0 Å². The van der Waals surface area contributed by atoms with Gasteiger partial charge in [-0.1, -0.05) is 0 Å². The highest BCUT2D eigenvalue weighted by Gasteiger charge is 2.45. The first kappa shape index (κ1) is 11.5. The molecule has 4 bridgehead atoms. The van der Waals surface area contributed by atoms with Gasteiger partial charge in [-0.25, -0.2) is 0 Å². The number of carbonyl (C=O) groups excluding carboxylic acids is 1. The van der Waals surface area contributed by atoms with Crippen LogP contribution in [0, 0.1) is 17.8 Å². The molecular weight excluding hydrogens is 212 g/mol. The molecule has 0 radical (unpaired) electrons. The van der Waals surface area contributed by atoms with E-state index < -0.39 is 5.54 Å². The van der Waals surface area contributed by atoms with Gasteiger partial charge in [0.25, 0.3) is 0 Å². The van der Waals surface area contributed by atoms with E-state index in [1.54, 1.807) is 0 Å². The largest absolute Gasteiger partial charge is 0.338 e. The molecule has 2 aliphatic carbocycles. The Bertz CT molecular complexity index is 320. The highest BCUT2D eigenvalue weighted by Crippen LogP contribution is 2.47. The number of hydrogen-bond donors (Lipinski definition) is 1. The summed E-state index contributed by atoms with van der Waals surface area (Å²) in [6.45, 7) is 4.65. The molecule has 2 unspecified atom stereocenters. The van der Waals surface area contributed by atoms with E-state index in [1.165, 1.54) is 32.1 Å². The molecule has 0 aromatic rings. The third-order valence-electron chi connectivity index (χ3n) is 4.92. The van der Waals surface area contributed by atoms with Gasteiger partial charge in [0.2, 0.25) is 5.91 Å². The van der Waals surface area contributed by atoms with Crippen LogP contribution < -0.4 is 5.73 Å². The highest BCUT2D eigenvalue weighted by atomic mass is 16.2. The summed E-state index contributed by atoms with van der Waals surface area (Å²) < 4.78 is 0. The molecular formula is C14H24N2O. The van der Waals surface area contributed by atoms with Gasteiger partial charge >= 0.3 is 0 Å². The lowest BCUT2D eigenvalue weighted by molar-refractivity contribution is -0.138. The average molecular weight is 236 g/mol. The monoisotopic (exact) mass is 236 g/mol. The minimum absolute atomic E-state index is 0.163. The molecule has 2 saturated carbocycles. The second-order valence-corrected chi connectivity index (χ2v) is 7.11. The van der Waals surface area contributed by atoms with Crippen molar-refractivity contribution < 1.29 is 4.79 Å². The summed E-state index contributed by atoms with van der Waals surface area (Å²) in [5, 5.41) is 0. The van der Waals surface area contributed by atoms with Crippen LogP contribution in [0.3, 0.4) is 0 Å². The van der Waals surface area contributed by atoms with E-state index in [1.807, 2.05) is 13.8 Å². The van der Waals surface area contributed by atoms with Gasteiger partial charge < -0.3 is 10.6 Å². The quantitative estimate of drug-likeness (QED) is 0.754. The fraction of sp³-hybridized carbons (Fsp3) is 0.929. The molecule has 4 rings (SSSR count). The van der Waals surface area contributed by atoms with E-state index in [2.05, 4.69) is 4.90 Å². The molecule has 2 heterocycles. The minimum Gasteiger partial charge on any atom is -0.338 e. The summed E-state index contributed by atoms with van der Waals surface area (Å²) in [5.74, 6) is 2.68. The molecule has 2 saturated heterocycles. The fourth-order valence-corrected chi connectivity index (χ4v) is 4.40. The summed E-state index contributed by atoms with van der Waals surface area (Å²) in [5.41, 5.74) is 5.29. The topological polar surface area (TPSA) is 46.3 Å². The molecule has 1 amide bonds. The molecule has 3 heteroatoms. The molecule has 4 fully saturated rings. The summed E-state index contributed by atoms with van der Waals surface area (Å²) in [4.78, 5) is 14.6. The molecule has 4 aliphatic rings. The van der Waals surface area contributed by atoms with Crippen molar-refractivity contribution >= 4 is 5.91 Å². The van der Waals surface area contributed by atoms with E-state index in [-0.39, 0.29) is 5.91 Å². The second kappa shape index (κ2) is 3.71. The van der Waals surface area contributed by atoms with Crippen molar-refractivity contribution in [3.63, 3.8) is 0 Å². The number of rotatable bonds is 1. The van der Waals surface area contributed by atoms with Crippen molar-refractivity contribution in [3.05, 3.63) is 0 Å². The maximum absolute atomic E-state index is 12.4. The van der Waals surface area contributed by atoms with Crippen molar-refractivity contribution in [2.45, 2.75) is 57.5 Å². The first-order valence-electron chi connectivity index (χ1n) is 7.03. The van der Waals surface area contributed by atoms with Crippen LogP contribution in [0.15, 0.2) is 0 Å². The lowest BCUT2D eigenvalue weighted by atomic mass is 9.68. The number of nitrogens with zero attached hydrogens (tertiary/aromatic N) is 1. The van der Waals surface area contributed by atoms with Crippen LogP contribution in [0.2, 0.25) is 0 Å².